The molecule has 49 heavy (non-hydrogen) atoms. The Morgan fingerprint density at radius 1 is 0.816 bits per heavy atom. The van der Waals surface area contributed by atoms with Gasteiger partial charge >= 0.3 is 11.9 Å². The molecule has 5 heterocycles. The average Bonchev–Trinajstić information content (AvgIpc) is 3.79. The third-order valence-electron chi connectivity index (χ3n) is 6.59. The van der Waals surface area contributed by atoms with E-state index in [-0.39, 0.29) is 24.8 Å². The maximum absolute atomic E-state index is 10.9. The van der Waals surface area contributed by atoms with E-state index in [9.17, 15) is 29.4 Å². The summed E-state index contributed by atoms with van der Waals surface area (Å²) in [5, 5.41) is 72.7. The molecule has 0 spiro atoms. The first kappa shape index (κ1) is 43.4. The second-order valence-corrected chi connectivity index (χ2v) is 11.9. The van der Waals surface area contributed by atoms with Crippen molar-refractivity contribution in [1.29, 1.82) is 0 Å². The van der Waals surface area contributed by atoms with Crippen molar-refractivity contribution in [2.75, 3.05) is 26.4 Å². The molecule has 0 aromatic carbocycles. The molecule has 5 rings (SSSR count). The van der Waals surface area contributed by atoms with Crippen molar-refractivity contribution in [3.05, 3.63) is 23.0 Å². The maximum Gasteiger partial charge on any atom is 0.377 e. The topological polar surface area (TPSA) is 338 Å². The number of ether oxygens (including phenoxy) is 8. The Bertz CT molecular complexity index is 1240. The molecule has 282 valence electrons. The Morgan fingerprint density at radius 2 is 1.31 bits per heavy atom. The first-order valence-corrected chi connectivity index (χ1v) is 14.3. The zero-order chi connectivity index (χ0) is 36.8. The van der Waals surface area contributed by atoms with Crippen LogP contribution < -0.4 is 5.11 Å². The Hall–Kier alpha value is -3.64. The lowest BCUT2D eigenvalue weighted by Gasteiger charge is -2.20. The molecule has 1 unspecified atom stereocenters. The third kappa shape index (κ3) is 12.0. The van der Waals surface area contributed by atoms with Gasteiger partial charge in [-0.05, 0) is 41.5 Å². The third-order valence-corrected chi connectivity index (χ3v) is 6.59. The number of hydrogen-bond donors (Lipinski definition) is 7. The van der Waals surface area contributed by atoms with E-state index in [1.807, 2.05) is 0 Å². The fourth-order valence-corrected chi connectivity index (χ4v) is 4.21. The molecule has 5 aliphatic heterocycles. The maximum atomic E-state index is 10.9. The number of aldehydes is 1. The molecule has 9 N–H and O–H groups in total. The van der Waals surface area contributed by atoms with E-state index in [2.05, 4.69) is 4.74 Å². The summed E-state index contributed by atoms with van der Waals surface area (Å²) in [5.74, 6) is -8.66. The van der Waals surface area contributed by atoms with E-state index in [1.165, 1.54) is 0 Å². The summed E-state index contributed by atoms with van der Waals surface area (Å²) in [6.07, 6.45) is -6.39. The summed E-state index contributed by atoms with van der Waals surface area (Å²) >= 11 is 0. The van der Waals surface area contributed by atoms with E-state index < -0.39 is 102 Å². The number of carbonyl (C=O) groups is 4. The zero-order valence-electron chi connectivity index (χ0n) is 27.4. The van der Waals surface area contributed by atoms with Crippen LogP contribution >= 0.6 is 0 Å². The van der Waals surface area contributed by atoms with Crippen LogP contribution in [0.5, 0.6) is 0 Å². The van der Waals surface area contributed by atoms with E-state index >= 15 is 0 Å². The summed E-state index contributed by atoms with van der Waals surface area (Å²) in [7, 11) is 0. The average molecular weight is 716 g/mol. The van der Waals surface area contributed by atoms with Crippen molar-refractivity contribution < 1.29 is 103 Å². The largest absolute Gasteiger partial charge is 0.547 e. The van der Waals surface area contributed by atoms with Gasteiger partial charge in [-0.25, -0.2) is 9.59 Å². The lowest BCUT2D eigenvalue weighted by Crippen LogP contribution is -2.44. The molecule has 21 nitrogen and oxygen atoms in total. The van der Waals surface area contributed by atoms with Crippen molar-refractivity contribution in [1.82, 2.24) is 0 Å². The Labute approximate surface area is 279 Å². The summed E-state index contributed by atoms with van der Waals surface area (Å²) in [6.45, 7) is 10.3. The number of aliphatic carboxylic acids is 1. The van der Waals surface area contributed by atoms with Gasteiger partial charge < -0.3 is 93.8 Å². The van der Waals surface area contributed by atoms with E-state index in [1.54, 1.807) is 41.5 Å². The van der Waals surface area contributed by atoms with E-state index in [4.69, 9.17) is 63.8 Å². The smallest absolute Gasteiger partial charge is 0.377 e. The first-order chi connectivity index (χ1) is 22.0. The fraction of sp³-hybridized carbons (Fsp3) is 0.714. The standard InChI is InChI=1S/C9H12O6.C7H12O5.C6H8O6.C6H10O3.H2O/c1-9(2)13-3-4(15-9)7-5(10)6(11)8(12)14-7;1-7(2)11-3-4(12-7)5(8)6(9)10;7-1-2(8)5-3(9)4(10)6(11)12-5;1-6(2)8-4-5(3-7)9-6;/h4,7,10-11H,3H2,1-2H3;4-5,8H,3H2,1-2H3,(H,9,10);2,5,7-10H,1H2;3,5H,4H2,1-2H3;1H2/p-1/t4-,7+;4-,5?;2-,5+;5-;/m0001./s1. The highest BCUT2D eigenvalue weighted by atomic mass is 16.8. The van der Waals surface area contributed by atoms with Gasteiger partial charge in [-0.3, -0.25) is 0 Å². The number of esters is 2. The van der Waals surface area contributed by atoms with Crippen LogP contribution in [0, 0.1) is 0 Å². The molecule has 0 radical (unpaired) electrons. The predicted molar refractivity (Wildman–Crippen MR) is 153 cm³/mol. The number of carboxylic acids is 1. The molecule has 7 atom stereocenters. The van der Waals surface area contributed by atoms with Crippen LogP contribution in [0.2, 0.25) is 0 Å². The van der Waals surface area contributed by atoms with Crippen LogP contribution in [0.15, 0.2) is 23.0 Å². The van der Waals surface area contributed by atoms with Gasteiger partial charge in [0.25, 0.3) is 0 Å². The number of aliphatic hydroxyl groups is 7. The van der Waals surface area contributed by atoms with E-state index in [0.717, 1.165) is 6.29 Å². The molecule has 0 aliphatic carbocycles. The molecule has 0 amide bonds. The monoisotopic (exact) mass is 715 g/mol. The quantitative estimate of drug-likeness (QED) is 0.105. The van der Waals surface area contributed by atoms with Gasteiger partial charge in [-0.1, -0.05) is 0 Å². The van der Waals surface area contributed by atoms with Gasteiger partial charge in [0.2, 0.25) is 11.5 Å². The summed E-state index contributed by atoms with van der Waals surface area (Å²) in [4.78, 5) is 41.7. The molecule has 0 aromatic rings. The van der Waals surface area contributed by atoms with Crippen molar-refractivity contribution in [3.8, 4) is 0 Å². The number of hydrogen-bond acceptors (Lipinski definition) is 20. The van der Waals surface area contributed by atoms with Crippen LogP contribution in [0.4, 0.5) is 0 Å². The lowest BCUT2D eigenvalue weighted by atomic mass is 10.2. The molecule has 0 bridgehead atoms. The van der Waals surface area contributed by atoms with Crippen LogP contribution in [0.25, 0.3) is 0 Å². The summed E-state index contributed by atoms with van der Waals surface area (Å²) in [6, 6.07) is 0. The van der Waals surface area contributed by atoms with Crippen molar-refractivity contribution in [3.63, 3.8) is 0 Å². The fourth-order valence-electron chi connectivity index (χ4n) is 4.21. The lowest BCUT2D eigenvalue weighted by molar-refractivity contribution is -0.319. The van der Waals surface area contributed by atoms with Gasteiger partial charge in [0.15, 0.2) is 47.4 Å². The highest BCUT2D eigenvalue weighted by molar-refractivity contribution is 5.89. The van der Waals surface area contributed by atoms with Crippen molar-refractivity contribution in [2.45, 2.75) is 102 Å². The normalized spacial score (nSPS) is 30.3. The molecule has 0 aromatic heterocycles. The SMILES string of the molecule is CC1(C)OC[C@@H](C(O)C(=O)[O-])O1.CC1(C)OC[C@@H](C=O)O1.CC1(C)OC[C@@H]([C@H]2OC(=O)C(O)=C2O)O1.O.O=C1O[C@H]([C@@H](O)CO)C(O)=C1O. The predicted octanol–water partition coefficient (Wildman–Crippen LogP) is -3.26. The van der Waals surface area contributed by atoms with Crippen LogP contribution in [-0.2, 0) is 57.1 Å². The van der Waals surface area contributed by atoms with Crippen LogP contribution in [0.1, 0.15) is 41.5 Å². The Balaban J connectivity index is 0.000000329. The van der Waals surface area contributed by atoms with Gasteiger partial charge in [0, 0.05) is 0 Å². The van der Waals surface area contributed by atoms with Gasteiger partial charge in [-0.2, -0.15) is 0 Å². The molecular weight excluding hydrogens is 672 g/mol. The second-order valence-electron chi connectivity index (χ2n) is 11.9. The highest BCUT2D eigenvalue weighted by Gasteiger charge is 2.46. The molecule has 3 fully saturated rings. The number of rotatable bonds is 6. The number of carbonyl (C=O) groups excluding carboxylic acids is 4. The number of aliphatic hydroxyl groups excluding tert-OH is 7. The zero-order valence-corrected chi connectivity index (χ0v) is 27.4. The van der Waals surface area contributed by atoms with Gasteiger partial charge in [-0.15, -0.1) is 0 Å². The molecule has 3 saturated heterocycles. The van der Waals surface area contributed by atoms with Crippen molar-refractivity contribution in [2.24, 2.45) is 0 Å². The summed E-state index contributed by atoms with van der Waals surface area (Å²) in [5.41, 5.74) is 0. The van der Waals surface area contributed by atoms with Crippen LogP contribution in [-0.4, -0.2) is 152 Å². The minimum absolute atomic E-state index is 0. The van der Waals surface area contributed by atoms with Crippen molar-refractivity contribution >= 4 is 24.2 Å². The Kier molecular flexibility index (Phi) is 15.3. The van der Waals surface area contributed by atoms with Gasteiger partial charge in [0.05, 0.1) is 32.4 Å². The first-order valence-electron chi connectivity index (χ1n) is 14.3. The number of carboxylic acid groups (broad SMARTS) is 1. The van der Waals surface area contributed by atoms with Gasteiger partial charge in [0.1, 0.15) is 30.5 Å². The highest BCUT2D eigenvalue weighted by Crippen LogP contribution is 2.31. The molecular formula is C28H43O21-. The minimum atomic E-state index is -1.62. The minimum Gasteiger partial charge on any atom is -0.547 e. The summed E-state index contributed by atoms with van der Waals surface area (Å²) < 4.78 is 40.0. The number of cyclic esters (lactones) is 2. The Morgan fingerprint density at radius 3 is 1.63 bits per heavy atom. The second kappa shape index (κ2) is 17.3. The van der Waals surface area contributed by atoms with Crippen LogP contribution in [0.3, 0.4) is 0 Å². The van der Waals surface area contributed by atoms with E-state index in [0.29, 0.717) is 6.61 Å². The molecule has 0 saturated carbocycles. The molecule has 21 heteroatoms. The molecule has 5 aliphatic rings.